The molecule has 0 aliphatic heterocycles. The van der Waals surface area contributed by atoms with Crippen molar-refractivity contribution in [2.24, 2.45) is 0 Å². The van der Waals surface area contributed by atoms with Crippen LogP contribution in [-0.2, 0) is 14.4 Å². The third-order valence-corrected chi connectivity index (χ3v) is 1.43. The highest BCUT2D eigenvalue weighted by Gasteiger charge is 2.14. The zero-order valence-corrected chi connectivity index (χ0v) is 7.59. The smallest absolute Gasteiger partial charge is 0.302 e. The number of hydrogen-bond donors (Lipinski definition) is 0. The number of nitrogens with zero attached hydrogens (tertiary/aromatic N) is 1. The maximum absolute atomic E-state index is 10.3. The minimum Gasteiger partial charge on any atom is -0.460 e. The van der Waals surface area contributed by atoms with E-state index in [1.807, 2.05) is 14.1 Å². The Balaban J connectivity index is 3.45. The number of carbonyl (C=O) groups is 1. The topological polar surface area (TPSA) is 35.5 Å². The van der Waals surface area contributed by atoms with Crippen molar-refractivity contribution >= 4 is 5.97 Å². The molecule has 66 valence electrons. The number of hydroxylamine groups is 3. The SMILES string of the molecule is CO[N+](C)(C)CCOC(C)=O. The number of hydrogen-bond acceptors (Lipinski definition) is 3. The van der Waals surface area contributed by atoms with Crippen LogP contribution in [0.1, 0.15) is 6.92 Å². The van der Waals surface area contributed by atoms with Crippen LogP contribution in [0.3, 0.4) is 0 Å². The first kappa shape index (κ1) is 10.4. The van der Waals surface area contributed by atoms with Crippen molar-refractivity contribution in [1.82, 2.24) is 0 Å². The second kappa shape index (κ2) is 4.31. The summed E-state index contributed by atoms with van der Waals surface area (Å²) >= 11 is 0. The van der Waals surface area contributed by atoms with Crippen LogP contribution in [0, 0.1) is 0 Å². The van der Waals surface area contributed by atoms with Gasteiger partial charge in [-0.15, -0.1) is 0 Å². The van der Waals surface area contributed by atoms with E-state index in [1.165, 1.54) is 6.92 Å². The summed E-state index contributed by atoms with van der Waals surface area (Å²) in [7, 11) is 5.40. The summed E-state index contributed by atoms with van der Waals surface area (Å²) in [6, 6.07) is 0. The molecule has 0 fully saturated rings. The standard InChI is InChI=1S/C7H16NO3/c1-7(9)11-6-5-8(2,3)10-4/h5-6H2,1-4H3/q+1. The van der Waals surface area contributed by atoms with Gasteiger partial charge < -0.3 is 4.74 Å². The molecule has 0 atom stereocenters. The molecule has 0 spiro atoms. The number of quaternary nitrogens is 1. The molecule has 0 N–H and O–H groups in total. The molecule has 0 rings (SSSR count). The van der Waals surface area contributed by atoms with Gasteiger partial charge in [-0.25, -0.2) is 4.84 Å². The van der Waals surface area contributed by atoms with Crippen LogP contribution in [0.4, 0.5) is 0 Å². The molecule has 0 heterocycles. The van der Waals surface area contributed by atoms with Crippen LogP contribution in [0.15, 0.2) is 0 Å². The molecular weight excluding hydrogens is 146 g/mol. The van der Waals surface area contributed by atoms with Crippen molar-refractivity contribution in [1.29, 1.82) is 0 Å². The second-order valence-electron chi connectivity index (χ2n) is 2.82. The summed E-state index contributed by atoms with van der Waals surface area (Å²) in [5.41, 5.74) is 0. The van der Waals surface area contributed by atoms with Crippen LogP contribution in [-0.4, -0.2) is 45.0 Å². The summed E-state index contributed by atoms with van der Waals surface area (Å²) in [4.78, 5) is 15.4. The van der Waals surface area contributed by atoms with E-state index in [1.54, 1.807) is 7.11 Å². The van der Waals surface area contributed by atoms with Crippen LogP contribution >= 0.6 is 0 Å². The third-order valence-electron chi connectivity index (χ3n) is 1.43. The van der Waals surface area contributed by atoms with Gasteiger partial charge in [0.05, 0.1) is 21.2 Å². The van der Waals surface area contributed by atoms with E-state index in [4.69, 9.17) is 9.57 Å². The largest absolute Gasteiger partial charge is 0.460 e. The Morgan fingerprint density at radius 1 is 1.45 bits per heavy atom. The van der Waals surface area contributed by atoms with Gasteiger partial charge in [0, 0.05) is 6.92 Å². The minimum absolute atomic E-state index is 0.249. The van der Waals surface area contributed by atoms with Crippen LogP contribution < -0.4 is 0 Å². The number of esters is 1. The highest BCUT2D eigenvalue weighted by Crippen LogP contribution is 1.95. The molecule has 11 heavy (non-hydrogen) atoms. The first-order valence-corrected chi connectivity index (χ1v) is 3.50. The van der Waals surface area contributed by atoms with E-state index >= 15 is 0 Å². The highest BCUT2D eigenvalue weighted by molar-refractivity contribution is 5.65. The molecule has 0 aliphatic rings. The predicted molar refractivity (Wildman–Crippen MR) is 40.6 cm³/mol. The Hall–Kier alpha value is -0.610. The lowest BCUT2D eigenvalue weighted by Gasteiger charge is -2.24. The minimum atomic E-state index is -0.249. The lowest BCUT2D eigenvalue weighted by atomic mass is 10.6. The van der Waals surface area contributed by atoms with Crippen molar-refractivity contribution < 1.29 is 19.0 Å². The Morgan fingerprint density at radius 2 is 2.00 bits per heavy atom. The van der Waals surface area contributed by atoms with Gasteiger partial charge in [-0.1, -0.05) is 0 Å². The zero-order chi connectivity index (χ0) is 8.91. The summed E-state index contributed by atoms with van der Waals surface area (Å²) < 4.78 is 5.14. The van der Waals surface area contributed by atoms with Gasteiger partial charge in [-0.2, -0.15) is 4.65 Å². The molecule has 0 aromatic carbocycles. The summed E-state index contributed by atoms with van der Waals surface area (Å²) in [6.07, 6.45) is 0. The first-order valence-electron chi connectivity index (χ1n) is 3.50. The third kappa shape index (κ3) is 5.82. The zero-order valence-electron chi connectivity index (χ0n) is 7.59. The molecule has 0 bridgehead atoms. The number of carbonyl (C=O) groups excluding carboxylic acids is 1. The molecule has 0 unspecified atom stereocenters. The molecule has 0 saturated carbocycles. The van der Waals surface area contributed by atoms with Gasteiger partial charge in [0.25, 0.3) is 0 Å². The number of ether oxygens (including phenoxy) is 1. The van der Waals surface area contributed by atoms with Crippen LogP contribution in [0.5, 0.6) is 0 Å². The van der Waals surface area contributed by atoms with Gasteiger partial charge in [-0.3, -0.25) is 4.79 Å². The molecule has 0 aromatic rings. The first-order chi connectivity index (χ1) is 4.98. The summed E-state index contributed by atoms with van der Waals surface area (Å²) in [5.74, 6) is -0.249. The Kier molecular flexibility index (Phi) is 4.07. The van der Waals surface area contributed by atoms with Crippen molar-refractivity contribution in [3.05, 3.63) is 0 Å². The van der Waals surface area contributed by atoms with Gasteiger partial charge >= 0.3 is 5.97 Å². The van der Waals surface area contributed by atoms with Crippen LogP contribution in [0.25, 0.3) is 0 Å². The van der Waals surface area contributed by atoms with E-state index in [0.717, 1.165) is 0 Å². The molecule has 4 heteroatoms. The van der Waals surface area contributed by atoms with Gasteiger partial charge in [0.1, 0.15) is 13.2 Å². The predicted octanol–water partition coefficient (Wildman–Crippen LogP) is 0.187. The van der Waals surface area contributed by atoms with Crippen molar-refractivity contribution in [3.8, 4) is 0 Å². The Morgan fingerprint density at radius 3 is 2.36 bits per heavy atom. The Bertz CT molecular complexity index is 134. The fourth-order valence-corrected chi connectivity index (χ4v) is 0.501. The fourth-order valence-electron chi connectivity index (χ4n) is 0.501. The maximum Gasteiger partial charge on any atom is 0.302 e. The normalized spacial score (nSPS) is 11.3. The summed E-state index contributed by atoms with van der Waals surface area (Å²) in [6.45, 7) is 2.46. The molecule has 0 saturated heterocycles. The summed E-state index contributed by atoms with van der Waals surface area (Å²) in [5, 5.41) is 0. The van der Waals surface area contributed by atoms with E-state index in [0.29, 0.717) is 17.8 Å². The van der Waals surface area contributed by atoms with Gasteiger partial charge in [0.2, 0.25) is 0 Å². The molecule has 0 aromatic heterocycles. The highest BCUT2D eigenvalue weighted by atomic mass is 16.7. The van der Waals surface area contributed by atoms with Crippen molar-refractivity contribution in [2.45, 2.75) is 6.92 Å². The monoisotopic (exact) mass is 162 g/mol. The average molecular weight is 162 g/mol. The molecule has 0 amide bonds. The second-order valence-corrected chi connectivity index (χ2v) is 2.82. The van der Waals surface area contributed by atoms with Crippen molar-refractivity contribution in [2.75, 3.05) is 34.4 Å². The lowest BCUT2D eigenvalue weighted by molar-refractivity contribution is -1.07. The van der Waals surface area contributed by atoms with E-state index in [-0.39, 0.29) is 5.97 Å². The molecule has 4 nitrogen and oxygen atoms in total. The molecule has 0 radical (unpaired) electrons. The molecule has 0 aliphatic carbocycles. The average Bonchev–Trinajstić information content (AvgIpc) is 1.87. The maximum atomic E-state index is 10.3. The van der Waals surface area contributed by atoms with E-state index in [9.17, 15) is 4.79 Å². The van der Waals surface area contributed by atoms with Crippen molar-refractivity contribution in [3.63, 3.8) is 0 Å². The van der Waals surface area contributed by atoms with Gasteiger partial charge in [-0.05, 0) is 0 Å². The molecular formula is C7H16NO3+. The quantitative estimate of drug-likeness (QED) is 0.336. The van der Waals surface area contributed by atoms with E-state index < -0.39 is 0 Å². The van der Waals surface area contributed by atoms with Crippen LogP contribution in [0.2, 0.25) is 0 Å². The fraction of sp³-hybridized carbons (Fsp3) is 0.857. The Labute approximate surface area is 67.2 Å². The number of rotatable bonds is 4. The van der Waals surface area contributed by atoms with E-state index in [2.05, 4.69) is 0 Å². The van der Waals surface area contributed by atoms with Gasteiger partial charge in [0.15, 0.2) is 0 Å². The number of likely N-dealkylation sites (N-methyl/N-ethyl adjacent to an activating group) is 1. The lowest BCUT2D eigenvalue weighted by Crippen LogP contribution is -2.41.